The second kappa shape index (κ2) is 7.60. The maximum atomic E-state index is 13.7. The predicted molar refractivity (Wildman–Crippen MR) is 90.4 cm³/mol. The number of benzene rings is 1. The van der Waals surface area contributed by atoms with Crippen molar-refractivity contribution in [3.05, 3.63) is 59.6 Å². The van der Waals surface area contributed by atoms with Crippen molar-refractivity contribution in [2.45, 2.75) is 0 Å². The van der Waals surface area contributed by atoms with Crippen LogP contribution in [0.3, 0.4) is 0 Å². The van der Waals surface area contributed by atoms with E-state index < -0.39 is 0 Å². The molecule has 1 amide bonds. The van der Waals surface area contributed by atoms with Crippen molar-refractivity contribution in [1.29, 1.82) is 0 Å². The van der Waals surface area contributed by atoms with Gasteiger partial charge < -0.3 is 10.6 Å². The van der Waals surface area contributed by atoms with Crippen LogP contribution < -0.4 is 10.6 Å². The van der Waals surface area contributed by atoms with Crippen LogP contribution in [-0.4, -0.2) is 33.9 Å². The third kappa shape index (κ3) is 3.90. The average Bonchev–Trinajstić information content (AvgIpc) is 3.10. The lowest BCUT2D eigenvalue weighted by Crippen LogP contribution is -2.28. The molecule has 0 fully saturated rings. The minimum absolute atomic E-state index is 0.245. The third-order valence-corrected chi connectivity index (χ3v) is 4.12. The first kappa shape index (κ1) is 16.0. The highest BCUT2D eigenvalue weighted by atomic mass is 32.1. The highest BCUT2D eigenvalue weighted by Crippen LogP contribution is 2.27. The third-order valence-electron chi connectivity index (χ3n) is 3.09. The Bertz CT molecular complexity index is 824. The van der Waals surface area contributed by atoms with Gasteiger partial charge in [0, 0.05) is 31.0 Å². The number of carbonyl (C=O) groups excluding carboxylic acids is 1. The highest BCUT2D eigenvalue weighted by Gasteiger charge is 2.13. The maximum absolute atomic E-state index is 13.7. The van der Waals surface area contributed by atoms with Crippen LogP contribution in [0.15, 0.2) is 48.9 Å². The van der Waals surface area contributed by atoms with Crippen molar-refractivity contribution in [2.24, 2.45) is 0 Å². The molecule has 2 aromatic heterocycles. The standard InChI is InChI=1S/C16H14FN5OS/c17-12-5-2-1-4-11(12)15-22-10-13(24-15)14(23)18-8-9-21-16-19-6-3-7-20-16/h1-7,10H,8-9H2,(H,18,23)(H,19,20,21). The molecule has 0 atom stereocenters. The van der Waals surface area contributed by atoms with E-state index in [9.17, 15) is 9.18 Å². The molecule has 0 radical (unpaired) electrons. The monoisotopic (exact) mass is 343 g/mol. The van der Waals surface area contributed by atoms with Crippen molar-refractivity contribution in [2.75, 3.05) is 18.4 Å². The van der Waals surface area contributed by atoms with Crippen LogP contribution in [0.5, 0.6) is 0 Å². The van der Waals surface area contributed by atoms with E-state index in [0.717, 1.165) is 11.3 Å². The molecule has 2 N–H and O–H groups in total. The first-order chi connectivity index (χ1) is 11.7. The molecule has 0 aliphatic rings. The zero-order valence-electron chi connectivity index (χ0n) is 12.6. The van der Waals surface area contributed by atoms with Crippen molar-refractivity contribution in [3.63, 3.8) is 0 Å². The second-order valence-corrected chi connectivity index (χ2v) is 5.80. The Hall–Kier alpha value is -2.87. The number of carbonyl (C=O) groups is 1. The molecule has 6 nitrogen and oxygen atoms in total. The number of thiazole rings is 1. The Labute approximate surface area is 141 Å². The Balaban J connectivity index is 1.54. The summed E-state index contributed by atoms with van der Waals surface area (Å²) in [4.78, 5) is 24.7. The molecule has 0 aliphatic heterocycles. The molecular formula is C16H14FN5OS. The van der Waals surface area contributed by atoms with Gasteiger partial charge in [0.1, 0.15) is 15.7 Å². The fraction of sp³-hybridized carbons (Fsp3) is 0.125. The van der Waals surface area contributed by atoms with Gasteiger partial charge in [-0.1, -0.05) is 12.1 Å². The molecule has 0 aliphatic carbocycles. The first-order valence-electron chi connectivity index (χ1n) is 7.24. The smallest absolute Gasteiger partial charge is 0.263 e. The number of halogens is 1. The Morgan fingerprint density at radius 3 is 2.67 bits per heavy atom. The van der Waals surface area contributed by atoms with E-state index in [1.807, 2.05) is 0 Å². The molecule has 24 heavy (non-hydrogen) atoms. The summed E-state index contributed by atoms with van der Waals surface area (Å²) in [6.45, 7) is 0.902. The first-order valence-corrected chi connectivity index (χ1v) is 8.05. The zero-order chi connectivity index (χ0) is 16.8. The molecule has 0 unspecified atom stereocenters. The topological polar surface area (TPSA) is 79.8 Å². The molecule has 0 bridgehead atoms. The van der Waals surface area contributed by atoms with E-state index in [4.69, 9.17) is 0 Å². The molecule has 8 heteroatoms. The van der Waals surface area contributed by atoms with Crippen LogP contribution in [0.2, 0.25) is 0 Å². The summed E-state index contributed by atoms with van der Waals surface area (Å²) in [5, 5.41) is 6.24. The molecule has 0 saturated carbocycles. The zero-order valence-corrected chi connectivity index (χ0v) is 13.4. The van der Waals surface area contributed by atoms with Crippen LogP contribution in [0.1, 0.15) is 9.67 Å². The molecular weight excluding hydrogens is 329 g/mol. The quantitative estimate of drug-likeness (QED) is 0.673. The van der Waals surface area contributed by atoms with Crippen LogP contribution in [0.4, 0.5) is 10.3 Å². The van der Waals surface area contributed by atoms with E-state index in [0.29, 0.717) is 34.5 Å². The summed E-state index contributed by atoms with van der Waals surface area (Å²) in [5.41, 5.74) is 0.393. The van der Waals surface area contributed by atoms with Crippen molar-refractivity contribution >= 4 is 23.2 Å². The molecule has 3 rings (SSSR count). The summed E-state index contributed by atoms with van der Waals surface area (Å²) in [7, 11) is 0. The van der Waals surface area contributed by atoms with E-state index in [-0.39, 0.29) is 11.7 Å². The van der Waals surface area contributed by atoms with Gasteiger partial charge in [-0.25, -0.2) is 19.3 Å². The second-order valence-electron chi connectivity index (χ2n) is 4.76. The van der Waals surface area contributed by atoms with Gasteiger partial charge in [-0.2, -0.15) is 0 Å². The van der Waals surface area contributed by atoms with Gasteiger partial charge in [0.25, 0.3) is 5.91 Å². The van der Waals surface area contributed by atoms with E-state index in [2.05, 4.69) is 25.6 Å². The average molecular weight is 343 g/mol. The summed E-state index contributed by atoms with van der Waals surface area (Å²) in [5.74, 6) is -0.0943. The van der Waals surface area contributed by atoms with Crippen molar-refractivity contribution in [1.82, 2.24) is 20.3 Å². The fourth-order valence-electron chi connectivity index (χ4n) is 1.97. The molecule has 0 saturated heterocycles. The lowest BCUT2D eigenvalue weighted by Gasteiger charge is -2.05. The largest absolute Gasteiger partial charge is 0.352 e. The van der Waals surface area contributed by atoms with E-state index in [1.165, 1.54) is 12.3 Å². The van der Waals surface area contributed by atoms with Crippen molar-refractivity contribution < 1.29 is 9.18 Å². The SMILES string of the molecule is O=C(NCCNc1ncccn1)c1cnc(-c2ccccc2F)s1. The molecule has 0 spiro atoms. The Morgan fingerprint density at radius 1 is 1.08 bits per heavy atom. The van der Waals surface area contributed by atoms with Gasteiger partial charge in [0.15, 0.2) is 0 Å². The molecule has 2 heterocycles. The lowest BCUT2D eigenvalue weighted by molar-refractivity contribution is 0.0959. The number of aromatic nitrogens is 3. The van der Waals surface area contributed by atoms with E-state index >= 15 is 0 Å². The fourth-order valence-corrected chi connectivity index (χ4v) is 2.83. The Morgan fingerprint density at radius 2 is 1.88 bits per heavy atom. The molecule has 1 aromatic carbocycles. The number of hydrogen-bond acceptors (Lipinski definition) is 6. The van der Waals surface area contributed by atoms with Gasteiger partial charge in [0.05, 0.1) is 6.20 Å². The minimum Gasteiger partial charge on any atom is -0.352 e. The summed E-state index contributed by atoms with van der Waals surface area (Å²) in [6.07, 6.45) is 4.72. The lowest BCUT2D eigenvalue weighted by atomic mass is 10.2. The maximum Gasteiger partial charge on any atom is 0.263 e. The number of amides is 1. The van der Waals surface area contributed by atoms with Gasteiger partial charge in [0.2, 0.25) is 5.95 Å². The predicted octanol–water partition coefficient (Wildman–Crippen LogP) is 2.58. The number of nitrogens with one attached hydrogen (secondary N) is 2. The van der Waals surface area contributed by atoms with Crippen molar-refractivity contribution in [3.8, 4) is 10.6 Å². The molecule has 122 valence electrons. The number of anilines is 1. The van der Waals surface area contributed by atoms with E-state index in [1.54, 1.807) is 36.7 Å². The summed E-state index contributed by atoms with van der Waals surface area (Å²) in [6, 6.07) is 8.08. The Kier molecular flexibility index (Phi) is 5.07. The molecule has 3 aromatic rings. The highest BCUT2D eigenvalue weighted by molar-refractivity contribution is 7.16. The van der Waals surface area contributed by atoms with Gasteiger partial charge >= 0.3 is 0 Å². The van der Waals surface area contributed by atoms with Gasteiger partial charge in [-0.3, -0.25) is 4.79 Å². The minimum atomic E-state index is -0.356. The number of hydrogen-bond donors (Lipinski definition) is 2. The summed E-state index contributed by atoms with van der Waals surface area (Å²) < 4.78 is 13.7. The normalized spacial score (nSPS) is 10.4. The van der Waals surface area contributed by atoms with Crippen LogP contribution in [0.25, 0.3) is 10.6 Å². The summed E-state index contributed by atoms with van der Waals surface area (Å²) >= 11 is 1.15. The van der Waals surface area contributed by atoms with Crippen LogP contribution >= 0.6 is 11.3 Å². The number of rotatable bonds is 6. The number of nitrogens with zero attached hydrogens (tertiary/aromatic N) is 3. The van der Waals surface area contributed by atoms with Gasteiger partial charge in [-0.15, -0.1) is 11.3 Å². The van der Waals surface area contributed by atoms with Crippen LogP contribution in [0, 0.1) is 5.82 Å². The van der Waals surface area contributed by atoms with Crippen LogP contribution in [-0.2, 0) is 0 Å². The van der Waals surface area contributed by atoms with Gasteiger partial charge in [-0.05, 0) is 18.2 Å².